The Labute approximate surface area is 122 Å². The number of ether oxygens (including phenoxy) is 1. The molecule has 0 spiro atoms. The van der Waals surface area contributed by atoms with E-state index in [1.54, 1.807) is 0 Å². The molecule has 1 rings (SSSR count). The molecule has 1 aromatic rings. The van der Waals surface area contributed by atoms with E-state index in [0.717, 1.165) is 0 Å². The van der Waals surface area contributed by atoms with Gasteiger partial charge in [0.15, 0.2) is 10.8 Å². The number of carbonyl (C=O) groups excluding carboxylic acids is 1. The number of hydrogen-bond donors (Lipinski definition) is 0. The molecule has 0 aliphatic heterocycles. The van der Waals surface area contributed by atoms with E-state index in [2.05, 4.69) is 0 Å². The van der Waals surface area contributed by atoms with Crippen LogP contribution in [0.2, 0.25) is 20.1 Å². The fourth-order valence-corrected chi connectivity index (χ4v) is 2.14. The van der Waals surface area contributed by atoms with Gasteiger partial charge in [0.25, 0.3) is 0 Å². The first-order chi connectivity index (χ1) is 8.31. The van der Waals surface area contributed by atoms with E-state index in [1.165, 1.54) is 6.92 Å². The third kappa shape index (κ3) is 2.80. The maximum Gasteiger partial charge on any atom is 0.311 e. The van der Waals surface area contributed by atoms with Crippen molar-refractivity contribution in [3.63, 3.8) is 0 Å². The lowest BCUT2D eigenvalue weighted by molar-refractivity contribution is -0.384. The average molecular weight is 333 g/mol. The topological polar surface area (TPSA) is 69.4 Å². The fraction of sp³-hybridized carbons (Fsp3) is 0.222. The minimum absolute atomic E-state index is 0.0424. The zero-order valence-corrected chi connectivity index (χ0v) is 11.8. The molecule has 0 amide bonds. The van der Waals surface area contributed by atoms with Gasteiger partial charge in [0.2, 0.25) is 0 Å². The van der Waals surface area contributed by atoms with Gasteiger partial charge in [-0.2, -0.15) is 0 Å². The van der Waals surface area contributed by atoms with Gasteiger partial charge in [0, 0.05) is 6.42 Å². The van der Waals surface area contributed by atoms with Crippen molar-refractivity contribution in [2.24, 2.45) is 0 Å². The molecule has 9 heteroatoms. The van der Waals surface area contributed by atoms with E-state index >= 15 is 0 Å². The first-order valence-corrected chi connectivity index (χ1v) is 6.03. The van der Waals surface area contributed by atoms with E-state index in [-0.39, 0.29) is 22.2 Å². The van der Waals surface area contributed by atoms with E-state index in [0.29, 0.717) is 0 Å². The van der Waals surface area contributed by atoms with Crippen LogP contribution in [0.4, 0.5) is 5.69 Å². The van der Waals surface area contributed by atoms with Crippen molar-refractivity contribution in [3.8, 4) is 5.75 Å². The van der Waals surface area contributed by atoms with E-state index in [1.807, 2.05) is 0 Å². The zero-order chi connectivity index (χ0) is 14.0. The largest absolute Gasteiger partial charge is 0.423 e. The Morgan fingerprint density at radius 3 is 2.17 bits per heavy atom. The molecule has 0 heterocycles. The number of halogens is 4. The monoisotopic (exact) mass is 331 g/mol. The molecule has 0 fully saturated rings. The van der Waals surface area contributed by atoms with Crippen molar-refractivity contribution in [1.29, 1.82) is 0 Å². The number of nitro groups is 1. The highest BCUT2D eigenvalue weighted by molar-refractivity contribution is 6.51. The van der Waals surface area contributed by atoms with E-state index < -0.39 is 26.6 Å². The number of hydrogen-bond acceptors (Lipinski definition) is 4. The molecule has 0 bridgehead atoms. The van der Waals surface area contributed by atoms with Crippen LogP contribution in [0.3, 0.4) is 0 Å². The summed E-state index contributed by atoms with van der Waals surface area (Å²) in [6.07, 6.45) is 0.0424. The molecule has 0 radical (unpaired) electrons. The van der Waals surface area contributed by atoms with E-state index in [4.69, 9.17) is 51.1 Å². The Balaban J connectivity index is 3.52. The number of esters is 1. The highest BCUT2D eigenvalue weighted by Gasteiger charge is 2.30. The SMILES string of the molecule is CCC(=O)Oc1c(Cl)c(Cl)c(Cl)c([N+](=O)[O-])c1Cl. The normalized spacial score (nSPS) is 10.3. The van der Waals surface area contributed by atoms with Gasteiger partial charge < -0.3 is 4.74 Å². The Bertz CT molecular complexity index is 532. The Kier molecular flexibility index (Phi) is 5.04. The molecule has 98 valence electrons. The molecular formula is C9H5Cl4NO4. The van der Waals surface area contributed by atoms with Crippen LogP contribution in [0.5, 0.6) is 5.75 Å². The van der Waals surface area contributed by atoms with Gasteiger partial charge in [-0.25, -0.2) is 0 Å². The van der Waals surface area contributed by atoms with Gasteiger partial charge in [-0.15, -0.1) is 0 Å². The summed E-state index contributed by atoms with van der Waals surface area (Å²) in [7, 11) is 0. The molecule has 0 unspecified atom stereocenters. The van der Waals surface area contributed by atoms with Crippen LogP contribution in [0, 0.1) is 10.1 Å². The maximum absolute atomic E-state index is 11.2. The quantitative estimate of drug-likeness (QED) is 0.204. The number of carbonyl (C=O) groups is 1. The molecule has 1 aromatic carbocycles. The van der Waals surface area contributed by atoms with Gasteiger partial charge in [-0.3, -0.25) is 14.9 Å². The summed E-state index contributed by atoms with van der Waals surface area (Å²) in [5, 5.41) is 9.38. The Morgan fingerprint density at radius 1 is 1.17 bits per heavy atom. The molecule has 0 aromatic heterocycles. The molecule has 0 saturated heterocycles. The number of nitro benzene ring substituents is 1. The first kappa shape index (κ1) is 15.3. The predicted octanol–water partition coefficient (Wildman–Crippen LogP) is 4.52. The third-order valence-electron chi connectivity index (χ3n) is 1.89. The second kappa shape index (κ2) is 5.93. The van der Waals surface area contributed by atoms with Crippen LogP contribution < -0.4 is 4.74 Å². The lowest BCUT2D eigenvalue weighted by Crippen LogP contribution is -2.07. The Morgan fingerprint density at radius 2 is 1.72 bits per heavy atom. The van der Waals surface area contributed by atoms with Crippen molar-refractivity contribution in [3.05, 3.63) is 30.2 Å². The lowest BCUT2D eigenvalue weighted by Gasteiger charge is -2.10. The molecular weight excluding hydrogens is 328 g/mol. The Hall–Kier alpha value is -0.750. The molecule has 5 nitrogen and oxygen atoms in total. The van der Waals surface area contributed by atoms with Crippen molar-refractivity contribution >= 4 is 58.1 Å². The van der Waals surface area contributed by atoms with Gasteiger partial charge in [0.1, 0.15) is 10.0 Å². The molecule has 0 N–H and O–H groups in total. The second-order valence-corrected chi connectivity index (χ2v) is 4.53. The summed E-state index contributed by atoms with van der Waals surface area (Å²) in [6.45, 7) is 1.54. The lowest BCUT2D eigenvalue weighted by atomic mass is 10.3. The highest BCUT2D eigenvalue weighted by atomic mass is 35.5. The van der Waals surface area contributed by atoms with Crippen LogP contribution in [0.1, 0.15) is 13.3 Å². The van der Waals surface area contributed by atoms with Crippen molar-refractivity contribution in [2.75, 3.05) is 0 Å². The van der Waals surface area contributed by atoms with Crippen LogP contribution in [0.15, 0.2) is 0 Å². The van der Waals surface area contributed by atoms with Crippen LogP contribution in [-0.4, -0.2) is 10.9 Å². The maximum atomic E-state index is 11.2. The summed E-state index contributed by atoms with van der Waals surface area (Å²) in [4.78, 5) is 21.1. The van der Waals surface area contributed by atoms with Crippen LogP contribution >= 0.6 is 46.4 Å². The van der Waals surface area contributed by atoms with Crippen LogP contribution in [0.25, 0.3) is 0 Å². The fourth-order valence-electron chi connectivity index (χ4n) is 1.04. The van der Waals surface area contributed by atoms with Crippen molar-refractivity contribution in [1.82, 2.24) is 0 Å². The summed E-state index contributed by atoms with van der Waals surface area (Å²) >= 11 is 22.9. The summed E-state index contributed by atoms with van der Waals surface area (Å²) in [5.41, 5.74) is -0.661. The predicted molar refractivity (Wildman–Crippen MR) is 69.1 cm³/mol. The van der Waals surface area contributed by atoms with Gasteiger partial charge in [-0.1, -0.05) is 53.3 Å². The molecule has 0 saturated carbocycles. The summed E-state index contributed by atoms with van der Waals surface area (Å²) < 4.78 is 4.80. The van der Waals surface area contributed by atoms with Gasteiger partial charge in [0.05, 0.1) is 9.95 Å². The minimum atomic E-state index is -0.837. The summed E-state index contributed by atoms with van der Waals surface area (Å²) in [6, 6.07) is 0. The van der Waals surface area contributed by atoms with Crippen LogP contribution in [-0.2, 0) is 4.79 Å². The number of benzene rings is 1. The summed E-state index contributed by atoms with van der Waals surface area (Å²) in [5.74, 6) is -1.03. The van der Waals surface area contributed by atoms with Gasteiger partial charge in [-0.05, 0) is 0 Å². The molecule has 0 aliphatic carbocycles. The van der Waals surface area contributed by atoms with Crippen molar-refractivity contribution in [2.45, 2.75) is 13.3 Å². The molecule has 18 heavy (non-hydrogen) atoms. The van der Waals surface area contributed by atoms with E-state index in [9.17, 15) is 14.9 Å². The van der Waals surface area contributed by atoms with Gasteiger partial charge >= 0.3 is 11.7 Å². The number of rotatable bonds is 3. The van der Waals surface area contributed by atoms with Crippen molar-refractivity contribution < 1.29 is 14.5 Å². The smallest absolute Gasteiger partial charge is 0.311 e. The average Bonchev–Trinajstić information content (AvgIpc) is 2.31. The zero-order valence-electron chi connectivity index (χ0n) is 8.80. The standard InChI is InChI=1S/C9H5Cl4NO4/c1-2-3(15)18-9-6(12)4(10)5(11)8(7(9)13)14(16)17/h2H2,1H3. The second-order valence-electron chi connectivity index (χ2n) is 3.02. The molecule has 0 atom stereocenters. The molecule has 0 aliphatic rings. The highest BCUT2D eigenvalue weighted by Crippen LogP contribution is 2.49. The first-order valence-electron chi connectivity index (χ1n) is 4.52. The minimum Gasteiger partial charge on any atom is -0.423 e. The third-order valence-corrected chi connectivity index (χ3v) is 3.54. The number of nitrogens with zero attached hydrogens (tertiary/aromatic N) is 1.